The quantitative estimate of drug-likeness (QED) is 0.816. The van der Waals surface area contributed by atoms with E-state index < -0.39 is 0 Å². The normalized spacial score (nSPS) is 19.8. The van der Waals surface area contributed by atoms with E-state index >= 15 is 0 Å². The van der Waals surface area contributed by atoms with Crippen molar-refractivity contribution >= 4 is 5.69 Å². The molecule has 2 saturated carbocycles. The van der Waals surface area contributed by atoms with Gasteiger partial charge in [-0.1, -0.05) is 0 Å². The van der Waals surface area contributed by atoms with Crippen molar-refractivity contribution in [2.75, 3.05) is 18.8 Å². The number of hydrogen-bond acceptors (Lipinski definition) is 3. The second-order valence-corrected chi connectivity index (χ2v) is 5.66. The summed E-state index contributed by atoms with van der Waals surface area (Å²) in [6.07, 6.45) is 7.51. The zero-order chi connectivity index (χ0) is 11.7. The maximum Gasteiger partial charge on any atom is 0.0564 e. The number of aromatic nitrogens is 1. The summed E-state index contributed by atoms with van der Waals surface area (Å²) in [6.45, 7) is 3.48. The third kappa shape index (κ3) is 3.43. The molecule has 0 bridgehead atoms. The van der Waals surface area contributed by atoms with E-state index in [4.69, 9.17) is 5.73 Å². The van der Waals surface area contributed by atoms with Crippen LogP contribution in [0.1, 0.15) is 31.4 Å². The van der Waals surface area contributed by atoms with E-state index in [-0.39, 0.29) is 0 Å². The van der Waals surface area contributed by atoms with Crippen molar-refractivity contribution in [2.45, 2.75) is 32.2 Å². The molecule has 2 aliphatic rings. The molecule has 3 nitrogen and oxygen atoms in total. The average molecular weight is 231 g/mol. The molecule has 3 rings (SSSR count). The summed E-state index contributed by atoms with van der Waals surface area (Å²) in [5.74, 6) is 1.91. The van der Waals surface area contributed by atoms with Gasteiger partial charge < -0.3 is 5.73 Å². The van der Waals surface area contributed by atoms with Gasteiger partial charge in [-0.3, -0.25) is 9.88 Å². The van der Waals surface area contributed by atoms with E-state index in [1.807, 2.05) is 18.3 Å². The summed E-state index contributed by atoms with van der Waals surface area (Å²) in [5.41, 5.74) is 7.75. The lowest BCUT2D eigenvalue weighted by molar-refractivity contribution is 0.241. The molecule has 0 atom stereocenters. The summed E-state index contributed by atoms with van der Waals surface area (Å²) >= 11 is 0. The molecule has 2 N–H and O–H groups in total. The van der Waals surface area contributed by atoms with Crippen molar-refractivity contribution in [2.24, 2.45) is 11.8 Å². The first-order chi connectivity index (χ1) is 8.29. The summed E-state index contributed by atoms with van der Waals surface area (Å²) in [6, 6.07) is 3.86. The number of anilines is 1. The molecule has 3 heteroatoms. The highest BCUT2D eigenvalue weighted by atomic mass is 15.1. The van der Waals surface area contributed by atoms with E-state index in [1.165, 1.54) is 38.8 Å². The molecular weight excluding hydrogens is 210 g/mol. The molecule has 0 spiro atoms. The second-order valence-electron chi connectivity index (χ2n) is 5.66. The molecule has 0 aromatic carbocycles. The minimum Gasteiger partial charge on any atom is -0.399 e. The van der Waals surface area contributed by atoms with Crippen LogP contribution < -0.4 is 5.73 Å². The Bertz CT molecular complexity index is 369. The first-order valence-corrected chi connectivity index (χ1v) is 6.72. The largest absolute Gasteiger partial charge is 0.399 e. The molecule has 2 aliphatic carbocycles. The Morgan fingerprint density at radius 2 is 1.82 bits per heavy atom. The van der Waals surface area contributed by atoms with Crippen LogP contribution in [-0.4, -0.2) is 23.0 Å². The Morgan fingerprint density at radius 3 is 2.35 bits per heavy atom. The van der Waals surface area contributed by atoms with Gasteiger partial charge in [0.15, 0.2) is 0 Å². The maximum atomic E-state index is 5.80. The van der Waals surface area contributed by atoms with E-state index in [1.54, 1.807) is 0 Å². The summed E-state index contributed by atoms with van der Waals surface area (Å²) in [5, 5.41) is 0. The zero-order valence-electron chi connectivity index (χ0n) is 10.3. The highest BCUT2D eigenvalue weighted by Crippen LogP contribution is 2.34. The van der Waals surface area contributed by atoms with Crippen molar-refractivity contribution in [3.63, 3.8) is 0 Å². The number of nitrogens with two attached hydrogens (primary N) is 1. The molecule has 1 aromatic rings. The first kappa shape index (κ1) is 11.0. The van der Waals surface area contributed by atoms with E-state index in [2.05, 4.69) is 9.88 Å². The Labute approximate surface area is 103 Å². The third-order valence-corrected chi connectivity index (χ3v) is 3.65. The summed E-state index contributed by atoms with van der Waals surface area (Å²) < 4.78 is 0. The van der Waals surface area contributed by atoms with Crippen molar-refractivity contribution in [3.05, 3.63) is 24.0 Å². The monoisotopic (exact) mass is 231 g/mol. The number of nitrogen functional groups attached to an aromatic ring is 1. The Morgan fingerprint density at radius 1 is 1.18 bits per heavy atom. The molecule has 0 aliphatic heterocycles. The van der Waals surface area contributed by atoms with Crippen LogP contribution in [0.15, 0.2) is 18.3 Å². The standard InChI is InChI=1S/C14H21N3/c15-13-5-6-16-14(7-13)10-17(8-11-1-2-11)9-12-3-4-12/h5-7,11-12H,1-4,8-10H2,(H2,15,16). The summed E-state index contributed by atoms with van der Waals surface area (Å²) in [4.78, 5) is 6.99. The molecule has 0 unspecified atom stereocenters. The predicted octanol–water partition coefficient (Wildman–Crippen LogP) is 2.29. The van der Waals surface area contributed by atoms with Gasteiger partial charge in [-0.05, 0) is 49.7 Å². The predicted molar refractivity (Wildman–Crippen MR) is 69.4 cm³/mol. The molecule has 92 valence electrons. The van der Waals surface area contributed by atoms with Gasteiger partial charge in [-0.15, -0.1) is 0 Å². The average Bonchev–Trinajstić information content (AvgIpc) is 3.13. The van der Waals surface area contributed by atoms with Crippen LogP contribution in [0.5, 0.6) is 0 Å². The van der Waals surface area contributed by atoms with Crippen LogP contribution in [0, 0.1) is 11.8 Å². The van der Waals surface area contributed by atoms with Crippen LogP contribution in [0.3, 0.4) is 0 Å². The first-order valence-electron chi connectivity index (χ1n) is 6.72. The highest BCUT2D eigenvalue weighted by molar-refractivity contribution is 5.37. The van der Waals surface area contributed by atoms with Crippen molar-refractivity contribution < 1.29 is 0 Å². The van der Waals surface area contributed by atoms with E-state index in [0.29, 0.717) is 0 Å². The topological polar surface area (TPSA) is 42.1 Å². The molecule has 1 heterocycles. The molecule has 1 aromatic heterocycles. The van der Waals surface area contributed by atoms with Gasteiger partial charge in [-0.25, -0.2) is 0 Å². The fourth-order valence-electron chi connectivity index (χ4n) is 2.35. The highest BCUT2D eigenvalue weighted by Gasteiger charge is 2.29. The minimum atomic E-state index is 0.827. The molecule has 2 fully saturated rings. The van der Waals surface area contributed by atoms with Crippen LogP contribution >= 0.6 is 0 Å². The Balaban J connectivity index is 1.60. The lowest BCUT2D eigenvalue weighted by atomic mass is 10.2. The molecular formula is C14H21N3. The van der Waals surface area contributed by atoms with Gasteiger partial charge >= 0.3 is 0 Å². The van der Waals surface area contributed by atoms with Gasteiger partial charge in [0.25, 0.3) is 0 Å². The number of hydrogen-bond donors (Lipinski definition) is 1. The van der Waals surface area contributed by atoms with Crippen LogP contribution in [0.4, 0.5) is 5.69 Å². The van der Waals surface area contributed by atoms with Crippen molar-refractivity contribution in [1.29, 1.82) is 0 Å². The summed E-state index contributed by atoms with van der Waals surface area (Å²) in [7, 11) is 0. The molecule has 17 heavy (non-hydrogen) atoms. The van der Waals surface area contributed by atoms with Gasteiger partial charge in [0, 0.05) is 31.5 Å². The van der Waals surface area contributed by atoms with Crippen LogP contribution in [-0.2, 0) is 6.54 Å². The zero-order valence-corrected chi connectivity index (χ0v) is 10.3. The third-order valence-electron chi connectivity index (χ3n) is 3.65. The fourth-order valence-corrected chi connectivity index (χ4v) is 2.35. The minimum absolute atomic E-state index is 0.827. The van der Waals surface area contributed by atoms with E-state index in [9.17, 15) is 0 Å². The van der Waals surface area contributed by atoms with E-state index in [0.717, 1.165) is 29.8 Å². The smallest absolute Gasteiger partial charge is 0.0564 e. The molecule has 0 saturated heterocycles. The second kappa shape index (κ2) is 4.65. The van der Waals surface area contributed by atoms with Gasteiger partial charge in [0.2, 0.25) is 0 Å². The van der Waals surface area contributed by atoms with Gasteiger partial charge in [-0.2, -0.15) is 0 Å². The van der Waals surface area contributed by atoms with Crippen molar-refractivity contribution in [1.82, 2.24) is 9.88 Å². The lowest BCUT2D eigenvalue weighted by Crippen LogP contribution is -2.28. The van der Waals surface area contributed by atoms with Gasteiger partial charge in [0.05, 0.1) is 5.69 Å². The fraction of sp³-hybridized carbons (Fsp3) is 0.643. The molecule has 0 radical (unpaired) electrons. The van der Waals surface area contributed by atoms with Crippen molar-refractivity contribution in [3.8, 4) is 0 Å². The Hall–Kier alpha value is -1.09. The number of pyridine rings is 1. The van der Waals surface area contributed by atoms with Crippen LogP contribution in [0.25, 0.3) is 0 Å². The number of rotatable bonds is 6. The number of nitrogens with zero attached hydrogens (tertiary/aromatic N) is 2. The van der Waals surface area contributed by atoms with Crippen LogP contribution in [0.2, 0.25) is 0 Å². The SMILES string of the molecule is Nc1ccnc(CN(CC2CC2)CC2CC2)c1. The lowest BCUT2D eigenvalue weighted by Gasteiger charge is -2.21. The van der Waals surface area contributed by atoms with Gasteiger partial charge in [0.1, 0.15) is 0 Å². The Kier molecular flexibility index (Phi) is 3.02. The maximum absolute atomic E-state index is 5.80. The molecule has 0 amide bonds.